The molecule has 0 radical (unpaired) electrons. The Kier molecular flexibility index (Phi) is 9.38. The third-order valence-corrected chi connectivity index (χ3v) is 16.4. The maximum absolute atomic E-state index is 14.7. The summed E-state index contributed by atoms with van der Waals surface area (Å²) in [6.07, 6.45) is 12.9. The van der Waals surface area contributed by atoms with Crippen LogP contribution in [0.15, 0.2) is 46.5 Å². The van der Waals surface area contributed by atoms with E-state index < -0.39 is 0 Å². The molecule has 1 aromatic carbocycles. The Morgan fingerprint density at radius 1 is 0.980 bits per heavy atom. The topological polar surface area (TPSA) is 81.2 Å². The molecule has 1 aromatic heterocycles. The first-order valence-corrected chi connectivity index (χ1v) is 19.4. The van der Waals surface area contributed by atoms with E-state index >= 15 is 0 Å². The van der Waals surface area contributed by atoms with Gasteiger partial charge in [0, 0.05) is 17.7 Å². The summed E-state index contributed by atoms with van der Waals surface area (Å²) < 4.78 is 5.83. The van der Waals surface area contributed by atoms with Crippen molar-refractivity contribution in [3.05, 3.63) is 53.3 Å². The van der Waals surface area contributed by atoms with Crippen molar-refractivity contribution < 1.29 is 9.32 Å². The Balaban J connectivity index is 0.00000417. The molecule has 10 atom stereocenters. The number of hydrogen-bond donors (Lipinski definition) is 2. The second kappa shape index (κ2) is 12.5. The van der Waals surface area contributed by atoms with E-state index in [2.05, 4.69) is 103 Å². The van der Waals surface area contributed by atoms with Gasteiger partial charge in [-0.05, 0) is 121 Å². The van der Waals surface area contributed by atoms with Gasteiger partial charge in [-0.15, -0.1) is 12.4 Å². The number of allylic oxidation sites excluding steroid dienone is 2. The van der Waals surface area contributed by atoms with Gasteiger partial charge in [-0.2, -0.15) is 0 Å². The first-order chi connectivity index (χ1) is 22.6. The van der Waals surface area contributed by atoms with Gasteiger partial charge in [-0.25, -0.2) is 0 Å². The highest BCUT2D eigenvalue weighted by Crippen LogP contribution is 2.75. The lowest BCUT2D eigenvalue weighted by Crippen LogP contribution is -2.66. The van der Waals surface area contributed by atoms with E-state index in [4.69, 9.17) is 10.3 Å². The minimum absolute atomic E-state index is 0. The van der Waals surface area contributed by atoms with Crippen LogP contribution in [0.25, 0.3) is 11.3 Å². The number of aromatic nitrogens is 1. The molecular formula is C43H64ClN3O2. The standard InChI is InChI=1S/C43H63N3O2.ClH/c1-26(2)30-12-10-11-13-31(30)33-24-29(48-46-33)25-45-38(47)43-21-16-27(3)28(4)37(43)32-14-15-35-40(7)19-18-36(44)39(5,6)34(40)17-20-42(35,9)41(32,8)22-23-43;/h10-14,24,26-28,34-37H,15-23,25,44H2,1-9H3,(H,45,47);1H/t27-,28+,34?,35?,36+,37+,40+,41-,42-,43+;/m1./s1. The van der Waals surface area contributed by atoms with Gasteiger partial charge in [0.1, 0.15) is 5.69 Å². The number of halogens is 1. The fourth-order valence-electron chi connectivity index (χ4n) is 13.0. The zero-order valence-electron chi connectivity index (χ0n) is 31.8. The first-order valence-electron chi connectivity index (χ1n) is 19.4. The van der Waals surface area contributed by atoms with Crippen molar-refractivity contribution in [1.82, 2.24) is 10.5 Å². The summed E-state index contributed by atoms with van der Waals surface area (Å²) in [6, 6.07) is 10.7. The summed E-state index contributed by atoms with van der Waals surface area (Å²) in [5, 5.41) is 7.85. The molecule has 5 aliphatic carbocycles. The lowest BCUT2D eigenvalue weighted by molar-refractivity contribution is -0.187. The van der Waals surface area contributed by atoms with Crippen molar-refractivity contribution in [3.63, 3.8) is 0 Å². The van der Waals surface area contributed by atoms with Crippen LogP contribution in [0.2, 0.25) is 0 Å². The van der Waals surface area contributed by atoms with Gasteiger partial charge in [0.15, 0.2) is 5.76 Å². The van der Waals surface area contributed by atoms with Crippen LogP contribution in [0.1, 0.15) is 137 Å². The molecule has 7 rings (SSSR count). The number of amides is 1. The maximum Gasteiger partial charge on any atom is 0.227 e. The number of hydrogen-bond acceptors (Lipinski definition) is 4. The van der Waals surface area contributed by atoms with Crippen molar-refractivity contribution in [3.8, 4) is 11.3 Å². The summed E-state index contributed by atoms with van der Waals surface area (Å²) in [5.41, 5.74) is 12.1. The molecular weight excluding hydrogens is 626 g/mol. The predicted octanol–water partition coefficient (Wildman–Crippen LogP) is 10.5. The van der Waals surface area contributed by atoms with Crippen molar-refractivity contribution >= 4 is 18.3 Å². The highest BCUT2D eigenvalue weighted by atomic mass is 35.5. The third kappa shape index (κ3) is 5.24. The maximum atomic E-state index is 14.7. The Hall–Kier alpha value is -2.11. The molecule has 0 saturated heterocycles. The Morgan fingerprint density at radius 3 is 2.45 bits per heavy atom. The highest BCUT2D eigenvalue weighted by Gasteiger charge is 2.69. The van der Waals surface area contributed by atoms with Crippen LogP contribution in [0.3, 0.4) is 0 Å². The Bertz CT molecular complexity index is 1590. The van der Waals surface area contributed by atoms with Crippen molar-refractivity contribution in [2.24, 2.45) is 62.4 Å². The average molecular weight is 690 g/mol. The van der Waals surface area contributed by atoms with Crippen LogP contribution in [-0.4, -0.2) is 17.1 Å². The molecule has 5 nitrogen and oxygen atoms in total. The fourth-order valence-corrected chi connectivity index (χ4v) is 13.0. The minimum atomic E-state index is -0.367. The lowest BCUT2D eigenvalue weighted by atomic mass is 9.33. The third-order valence-electron chi connectivity index (χ3n) is 16.4. The van der Waals surface area contributed by atoms with E-state index in [1.165, 1.54) is 24.8 Å². The number of fused-ring (bicyclic) bond motifs is 7. The number of nitrogens with zero attached hydrogens (tertiary/aromatic N) is 1. The second-order valence-electron chi connectivity index (χ2n) is 18.9. The van der Waals surface area contributed by atoms with Crippen molar-refractivity contribution in [2.75, 3.05) is 0 Å². The van der Waals surface area contributed by atoms with E-state index in [0.29, 0.717) is 47.6 Å². The largest absolute Gasteiger partial charge is 0.359 e. The number of carbonyl (C=O) groups excluding carboxylic acids is 1. The number of rotatable bonds is 5. The Morgan fingerprint density at radius 2 is 1.71 bits per heavy atom. The summed E-state index contributed by atoms with van der Waals surface area (Å²) in [4.78, 5) is 14.7. The van der Waals surface area contributed by atoms with Gasteiger partial charge in [-0.3, -0.25) is 4.79 Å². The van der Waals surface area contributed by atoms with Gasteiger partial charge in [0.2, 0.25) is 5.91 Å². The van der Waals surface area contributed by atoms with Gasteiger partial charge in [0.25, 0.3) is 0 Å². The highest BCUT2D eigenvalue weighted by molar-refractivity contribution is 5.85. The van der Waals surface area contributed by atoms with Gasteiger partial charge in [0.05, 0.1) is 12.0 Å². The van der Waals surface area contributed by atoms with Crippen LogP contribution in [0.4, 0.5) is 0 Å². The van der Waals surface area contributed by atoms with E-state index in [1.54, 1.807) is 5.57 Å². The summed E-state index contributed by atoms with van der Waals surface area (Å²) in [7, 11) is 0. The van der Waals surface area contributed by atoms with Gasteiger partial charge >= 0.3 is 0 Å². The number of carbonyl (C=O) groups is 1. The molecule has 5 aliphatic rings. The zero-order valence-corrected chi connectivity index (χ0v) is 32.6. The number of nitrogens with one attached hydrogen (secondary N) is 1. The number of nitrogens with two attached hydrogens (primary N) is 1. The lowest BCUT2D eigenvalue weighted by Gasteiger charge is -2.71. The van der Waals surface area contributed by atoms with E-state index in [-0.39, 0.29) is 45.9 Å². The molecule has 1 heterocycles. The monoisotopic (exact) mass is 689 g/mol. The molecule has 2 aromatic rings. The van der Waals surface area contributed by atoms with Gasteiger partial charge in [-0.1, -0.05) is 103 Å². The molecule has 270 valence electrons. The molecule has 49 heavy (non-hydrogen) atoms. The SMILES string of the molecule is CC(C)c1ccccc1-c1cc(CNC(=O)[C@]23CC[C@@H](C)[C@H](C)[C@H]2C2=CCC4[C@@]5(C)CC[C@H](N)C(C)(C)C5CC[C@@]4(C)[C@]2(C)CC3)on1.Cl. The minimum Gasteiger partial charge on any atom is -0.359 e. The van der Waals surface area contributed by atoms with E-state index in [1.807, 2.05) is 6.07 Å². The smallest absolute Gasteiger partial charge is 0.227 e. The molecule has 6 heteroatoms. The zero-order chi connectivity index (χ0) is 34.4. The second-order valence-corrected chi connectivity index (χ2v) is 18.9. The molecule has 0 aliphatic heterocycles. The molecule has 3 N–H and O–H groups in total. The summed E-state index contributed by atoms with van der Waals surface area (Å²) in [6.45, 7) is 22.5. The van der Waals surface area contributed by atoms with Gasteiger partial charge < -0.3 is 15.6 Å². The summed E-state index contributed by atoms with van der Waals surface area (Å²) >= 11 is 0. The molecule has 1 amide bonds. The average Bonchev–Trinajstić information content (AvgIpc) is 3.53. The van der Waals surface area contributed by atoms with E-state index in [9.17, 15) is 4.79 Å². The van der Waals surface area contributed by atoms with Crippen molar-refractivity contribution in [2.45, 2.75) is 139 Å². The van der Waals surface area contributed by atoms with Crippen LogP contribution < -0.4 is 11.1 Å². The molecule has 4 saturated carbocycles. The summed E-state index contributed by atoms with van der Waals surface area (Å²) in [5.74, 6) is 4.02. The van der Waals surface area contributed by atoms with Crippen molar-refractivity contribution in [1.29, 1.82) is 0 Å². The Labute approximate surface area is 302 Å². The van der Waals surface area contributed by atoms with Crippen LogP contribution in [0.5, 0.6) is 0 Å². The first kappa shape index (κ1) is 36.7. The van der Waals surface area contributed by atoms with Crippen LogP contribution >= 0.6 is 12.4 Å². The molecule has 4 fully saturated rings. The predicted molar refractivity (Wildman–Crippen MR) is 202 cm³/mol. The normalized spacial score (nSPS) is 40.9. The molecule has 0 spiro atoms. The van der Waals surface area contributed by atoms with Crippen LogP contribution in [-0.2, 0) is 11.3 Å². The fraction of sp³-hybridized carbons (Fsp3) is 0.721. The molecule has 0 bridgehead atoms. The number of benzene rings is 1. The van der Waals surface area contributed by atoms with Crippen LogP contribution in [0, 0.1) is 56.7 Å². The molecule has 2 unspecified atom stereocenters. The van der Waals surface area contributed by atoms with E-state index in [0.717, 1.165) is 55.5 Å². The quantitative estimate of drug-likeness (QED) is 0.306.